The second-order valence-electron chi connectivity index (χ2n) is 4.82. The fourth-order valence-electron chi connectivity index (χ4n) is 2.52. The molecule has 4 N–H and O–H groups in total. The third-order valence-electron chi connectivity index (χ3n) is 3.58. The van der Waals surface area contributed by atoms with E-state index in [9.17, 15) is 8.42 Å². The number of benzene rings is 1. The summed E-state index contributed by atoms with van der Waals surface area (Å²) in [6, 6.07) is 5.43. The fraction of sp³-hybridized carbons (Fsp3) is 0.500. The number of hydrogen-bond donors (Lipinski definition) is 2. The van der Waals surface area contributed by atoms with Gasteiger partial charge >= 0.3 is 0 Å². The Hall–Kier alpha value is -1.27. The lowest BCUT2D eigenvalue weighted by Gasteiger charge is -2.27. The highest BCUT2D eigenvalue weighted by Crippen LogP contribution is 2.29. The van der Waals surface area contributed by atoms with Gasteiger partial charge < -0.3 is 10.6 Å². The van der Waals surface area contributed by atoms with Crippen LogP contribution in [0.15, 0.2) is 23.1 Å². The highest BCUT2D eigenvalue weighted by atomic mass is 32.2. The van der Waals surface area contributed by atoms with E-state index in [0.29, 0.717) is 6.04 Å². The molecule has 100 valence electrons. The second-order valence-corrected chi connectivity index (χ2v) is 6.35. The van der Waals surface area contributed by atoms with Gasteiger partial charge in [0.15, 0.2) is 0 Å². The van der Waals surface area contributed by atoms with Crippen molar-refractivity contribution in [1.82, 2.24) is 0 Å². The fourth-order valence-corrected chi connectivity index (χ4v) is 3.16. The minimum Gasteiger partial charge on any atom is -0.398 e. The molecule has 1 fully saturated rings. The van der Waals surface area contributed by atoms with E-state index < -0.39 is 10.0 Å². The van der Waals surface area contributed by atoms with Crippen molar-refractivity contribution >= 4 is 21.4 Å². The van der Waals surface area contributed by atoms with E-state index in [1.54, 1.807) is 12.1 Å². The van der Waals surface area contributed by atoms with Crippen LogP contribution in [0.25, 0.3) is 0 Å². The number of sulfonamides is 1. The number of primary sulfonamides is 1. The zero-order valence-corrected chi connectivity index (χ0v) is 11.3. The SMILES string of the molecule is CN(c1ccc(S(N)(=O)=O)c(N)c1)C1CCCC1. The summed E-state index contributed by atoms with van der Waals surface area (Å²) < 4.78 is 22.6. The van der Waals surface area contributed by atoms with Crippen LogP contribution in [-0.2, 0) is 10.0 Å². The highest BCUT2D eigenvalue weighted by molar-refractivity contribution is 7.89. The predicted octanol–water partition coefficient (Wildman–Crippen LogP) is 1.29. The molecule has 0 aromatic heterocycles. The molecule has 5 nitrogen and oxygen atoms in total. The van der Waals surface area contributed by atoms with Crippen LogP contribution >= 0.6 is 0 Å². The molecular weight excluding hydrogens is 250 g/mol. The smallest absolute Gasteiger partial charge is 0.240 e. The summed E-state index contributed by atoms with van der Waals surface area (Å²) in [5.41, 5.74) is 6.90. The Kier molecular flexibility index (Phi) is 3.49. The number of nitrogen functional groups attached to an aromatic ring is 1. The minimum atomic E-state index is -3.74. The molecule has 18 heavy (non-hydrogen) atoms. The molecular formula is C12H19N3O2S. The van der Waals surface area contributed by atoms with Crippen molar-refractivity contribution in [3.63, 3.8) is 0 Å². The maximum absolute atomic E-state index is 11.3. The molecule has 1 aliphatic rings. The lowest BCUT2D eigenvalue weighted by molar-refractivity contribution is 0.598. The molecule has 1 saturated carbocycles. The largest absolute Gasteiger partial charge is 0.398 e. The molecule has 0 aliphatic heterocycles. The summed E-state index contributed by atoms with van der Waals surface area (Å²) in [6.07, 6.45) is 4.85. The topological polar surface area (TPSA) is 89.4 Å². The van der Waals surface area contributed by atoms with Crippen LogP contribution in [0.1, 0.15) is 25.7 Å². The van der Waals surface area contributed by atoms with Gasteiger partial charge in [-0.3, -0.25) is 0 Å². The minimum absolute atomic E-state index is 0.00827. The maximum Gasteiger partial charge on any atom is 0.240 e. The van der Waals surface area contributed by atoms with Crippen LogP contribution in [0.3, 0.4) is 0 Å². The Labute approximate surface area is 108 Å². The van der Waals surface area contributed by atoms with Gasteiger partial charge in [0, 0.05) is 18.8 Å². The Morgan fingerprint density at radius 2 is 1.89 bits per heavy atom. The first-order chi connectivity index (χ1) is 8.39. The zero-order valence-electron chi connectivity index (χ0n) is 10.5. The third kappa shape index (κ3) is 2.59. The molecule has 1 aromatic rings. The molecule has 0 saturated heterocycles. The van der Waals surface area contributed by atoms with E-state index in [0.717, 1.165) is 5.69 Å². The van der Waals surface area contributed by atoms with Crippen LogP contribution in [0.4, 0.5) is 11.4 Å². The molecule has 6 heteroatoms. The standard InChI is InChI=1S/C12H19N3O2S/c1-15(9-4-2-3-5-9)10-6-7-12(11(13)8-10)18(14,16)17/h6-9H,2-5,13H2,1H3,(H2,14,16,17). The molecule has 0 unspecified atom stereocenters. The van der Waals surface area contributed by atoms with Gasteiger partial charge in [-0.15, -0.1) is 0 Å². The van der Waals surface area contributed by atoms with Crippen LogP contribution in [0, 0.1) is 0 Å². The van der Waals surface area contributed by atoms with E-state index in [1.165, 1.54) is 31.7 Å². The number of rotatable bonds is 3. The summed E-state index contributed by atoms with van der Waals surface area (Å²) in [6.45, 7) is 0. The predicted molar refractivity (Wildman–Crippen MR) is 72.9 cm³/mol. The van der Waals surface area contributed by atoms with Crippen LogP contribution in [0.2, 0.25) is 0 Å². The van der Waals surface area contributed by atoms with Gasteiger partial charge in [0.1, 0.15) is 4.90 Å². The summed E-state index contributed by atoms with van der Waals surface area (Å²) >= 11 is 0. The van der Waals surface area contributed by atoms with Crippen LogP contribution in [-0.4, -0.2) is 21.5 Å². The van der Waals surface area contributed by atoms with Crippen LogP contribution in [0.5, 0.6) is 0 Å². The molecule has 1 aromatic carbocycles. The second kappa shape index (κ2) is 4.78. The molecule has 0 spiro atoms. The Balaban J connectivity index is 2.28. The van der Waals surface area contributed by atoms with Crippen molar-refractivity contribution in [2.75, 3.05) is 17.7 Å². The first-order valence-electron chi connectivity index (χ1n) is 6.05. The van der Waals surface area contributed by atoms with E-state index in [4.69, 9.17) is 10.9 Å². The van der Waals surface area contributed by atoms with E-state index >= 15 is 0 Å². The quantitative estimate of drug-likeness (QED) is 0.809. The monoisotopic (exact) mass is 269 g/mol. The van der Waals surface area contributed by atoms with Crippen molar-refractivity contribution in [2.24, 2.45) is 5.14 Å². The van der Waals surface area contributed by atoms with Gasteiger partial charge in [-0.25, -0.2) is 13.6 Å². The number of nitrogens with two attached hydrogens (primary N) is 2. The zero-order chi connectivity index (χ0) is 13.3. The van der Waals surface area contributed by atoms with Crippen molar-refractivity contribution in [3.05, 3.63) is 18.2 Å². The summed E-state index contributed by atoms with van der Waals surface area (Å²) in [5, 5.41) is 5.08. The number of anilines is 2. The van der Waals surface area contributed by atoms with Crippen LogP contribution < -0.4 is 15.8 Å². The van der Waals surface area contributed by atoms with Gasteiger partial charge in [0.25, 0.3) is 0 Å². The third-order valence-corrected chi connectivity index (χ3v) is 4.56. The lowest BCUT2D eigenvalue weighted by Crippen LogP contribution is -2.29. The molecule has 0 amide bonds. The molecule has 1 aliphatic carbocycles. The molecule has 0 radical (unpaired) electrons. The normalized spacial score (nSPS) is 17.0. The molecule has 0 atom stereocenters. The van der Waals surface area contributed by atoms with Crippen molar-refractivity contribution < 1.29 is 8.42 Å². The molecule has 0 heterocycles. The van der Waals surface area contributed by atoms with Gasteiger partial charge in [-0.1, -0.05) is 12.8 Å². The van der Waals surface area contributed by atoms with E-state index in [2.05, 4.69) is 4.90 Å². The number of hydrogen-bond acceptors (Lipinski definition) is 4. The summed E-state index contributed by atoms with van der Waals surface area (Å²) in [7, 11) is -1.72. The molecule has 2 rings (SSSR count). The summed E-state index contributed by atoms with van der Waals surface area (Å²) in [5.74, 6) is 0. The van der Waals surface area contributed by atoms with Crippen molar-refractivity contribution in [2.45, 2.75) is 36.6 Å². The van der Waals surface area contributed by atoms with Crippen molar-refractivity contribution in [3.8, 4) is 0 Å². The summed E-state index contributed by atoms with van der Waals surface area (Å²) in [4.78, 5) is 2.15. The number of nitrogens with zero attached hydrogens (tertiary/aromatic N) is 1. The first kappa shape index (κ1) is 13.2. The van der Waals surface area contributed by atoms with E-state index in [-0.39, 0.29) is 10.6 Å². The van der Waals surface area contributed by atoms with Gasteiger partial charge in [0.2, 0.25) is 10.0 Å². The Morgan fingerprint density at radius 1 is 1.28 bits per heavy atom. The Bertz CT molecular complexity index is 536. The van der Waals surface area contributed by atoms with Gasteiger partial charge in [-0.2, -0.15) is 0 Å². The van der Waals surface area contributed by atoms with Crippen molar-refractivity contribution in [1.29, 1.82) is 0 Å². The van der Waals surface area contributed by atoms with Gasteiger partial charge in [-0.05, 0) is 31.0 Å². The lowest BCUT2D eigenvalue weighted by atomic mass is 10.2. The van der Waals surface area contributed by atoms with E-state index in [1.807, 2.05) is 7.05 Å². The average Bonchev–Trinajstić information content (AvgIpc) is 2.79. The maximum atomic E-state index is 11.3. The average molecular weight is 269 g/mol. The Morgan fingerprint density at radius 3 is 2.39 bits per heavy atom. The molecule has 0 bridgehead atoms. The van der Waals surface area contributed by atoms with Gasteiger partial charge in [0.05, 0.1) is 5.69 Å². The first-order valence-corrected chi connectivity index (χ1v) is 7.59. The highest BCUT2D eigenvalue weighted by Gasteiger charge is 2.21.